The number of nitrogens with zero attached hydrogens (tertiary/aromatic N) is 2. The molecule has 0 fully saturated rings. The number of pyridine rings is 1. The number of anilines is 2. The first kappa shape index (κ1) is 13.8. The average Bonchev–Trinajstić information content (AvgIpc) is 2.40. The molecule has 1 aromatic heterocycles. The van der Waals surface area contributed by atoms with Crippen LogP contribution in [0.2, 0.25) is 0 Å². The minimum absolute atomic E-state index is 0.0799. The molecule has 0 unspecified atom stereocenters. The molecule has 0 bridgehead atoms. The molecule has 1 aromatic carbocycles. The van der Waals surface area contributed by atoms with Crippen LogP contribution in [0, 0.1) is 18.3 Å². The Balaban J connectivity index is 2.42. The molecular weight excluding hydrogens is 276 g/mol. The Morgan fingerprint density at radius 2 is 2.10 bits per heavy atom. The Kier molecular flexibility index (Phi) is 3.59. The van der Waals surface area contributed by atoms with E-state index in [-0.39, 0.29) is 16.4 Å². The third-order valence-corrected chi connectivity index (χ3v) is 4.16. The number of hydrogen-bond donors (Lipinski definition) is 2. The summed E-state index contributed by atoms with van der Waals surface area (Å²) >= 11 is 0. The molecular formula is C13H12N4O2S. The zero-order valence-corrected chi connectivity index (χ0v) is 11.5. The van der Waals surface area contributed by atoms with Gasteiger partial charge in [-0.25, -0.2) is 13.4 Å². The molecule has 6 nitrogen and oxygen atoms in total. The van der Waals surface area contributed by atoms with Gasteiger partial charge in [0.15, 0.2) is 5.82 Å². The monoisotopic (exact) mass is 288 g/mol. The van der Waals surface area contributed by atoms with Gasteiger partial charge in [-0.15, -0.1) is 0 Å². The summed E-state index contributed by atoms with van der Waals surface area (Å²) in [5, 5.41) is 8.79. The summed E-state index contributed by atoms with van der Waals surface area (Å²) in [4.78, 5) is 3.97. The maximum Gasteiger partial charge on any atom is 0.263 e. The molecule has 0 amide bonds. The third-order valence-electron chi connectivity index (χ3n) is 2.66. The zero-order chi connectivity index (χ0) is 14.8. The number of nitrogen functional groups attached to an aromatic ring is 1. The highest BCUT2D eigenvalue weighted by Gasteiger charge is 2.18. The van der Waals surface area contributed by atoms with Crippen molar-refractivity contribution in [3.05, 3.63) is 47.7 Å². The quantitative estimate of drug-likeness (QED) is 0.892. The van der Waals surface area contributed by atoms with Crippen molar-refractivity contribution in [2.24, 2.45) is 0 Å². The van der Waals surface area contributed by atoms with E-state index in [4.69, 9.17) is 11.0 Å². The van der Waals surface area contributed by atoms with E-state index in [0.29, 0.717) is 11.1 Å². The van der Waals surface area contributed by atoms with Gasteiger partial charge in [0.1, 0.15) is 0 Å². The summed E-state index contributed by atoms with van der Waals surface area (Å²) in [6, 6.07) is 9.46. The Labute approximate surface area is 116 Å². The molecule has 0 spiro atoms. The first-order valence-corrected chi connectivity index (χ1v) is 7.16. The fraction of sp³-hybridized carbons (Fsp3) is 0.0769. The number of sulfonamides is 1. The van der Waals surface area contributed by atoms with Gasteiger partial charge in [-0.2, -0.15) is 5.26 Å². The van der Waals surface area contributed by atoms with E-state index in [1.165, 1.54) is 24.4 Å². The summed E-state index contributed by atoms with van der Waals surface area (Å²) in [7, 11) is -3.79. The number of aryl methyl sites for hydroxylation is 1. The molecule has 1 heterocycles. The molecule has 0 saturated heterocycles. The van der Waals surface area contributed by atoms with Crippen LogP contribution in [0.25, 0.3) is 0 Å². The molecule has 20 heavy (non-hydrogen) atoms. The minimum Gasteiger partial charge on any atom is -0.396 e. The topological polar surface area (TPSA) is 109 Å². The van der Waals surface area contributed by atoms with E-state index < -0.39 is 10.0 Å². The third kappa shape index (κ3) is 2.70. The van der Waals surface area contributed by atoms with Crippen molar-refractivity contribution in [2.75, 3.05) is 10.5 Å². The van der Waals surface area contributed by atoms with E-state index >= 15 is 0 Å². The van der Waals surface area contributed by atoms with Gasteiger partial charge in [0.2, 0.25) is 0 Å². The van der Waals surface area contributed by atoms with Gasteiger partial charge in [-0.05, 0) is 42.8 Å². The molecule has 0 aliphatic heterocycles. The number of hydrogen-bond acceptors (Lipinski definition) is 5. The Morgan fingerprint density at radius 1 is 1.35 bits per heavy atom. The summed E-state index contributed by atoms with van der Waals surface area (Å²) in [6.07, 6.45) is 1.44. The van der Waals surface area contributed by atoms with Gasteiger partial charge in [-0.3, -0.25) is 4.72 Å². The molecule has 2 aromatic rings. The maximum atomic E-state index is 12.3. The van der Waals surface area contributed by atoms with Gasteiger partial charge in [-0.1, -0.05) is 0 Å². The molecule has 2 rings (SSSR count). The fourth-order valence-electron chi connectivity index (χ4n) is 1.71. The largest absolute Gasteiger partial charge is 0.396 e. The predicted molar refractivity (Wildman–Crippen MR) is 75.4 cm³/mol. The first-order chi connectivity index (χ1) is 9.44. The molecule has 0 atom stereocenters. The average molecular weight is 288 g/mol. The van der Waals surface area contributed by atoms with Gasteiger partial charge >= 0.3 is 0 Å². The van der Waals surface area contributed by atoms with E-state index in [1.807, 2.05) is 6.07 Å². The van der Waals surface area contributed by atoms with Crippen molar-refractivity contribution in [3.63, 3.8) is 0 Å². The lowest BCUT2D eigenvalue weighted by Crippen LogP contribution is -2.16. The molecule has 3 N–H and O–H groups in total. The summed E-state index contributed by atoms with van der Waals surface area (Å²) in [5.74, 6) is 0.0799. The van der Waals surface area contributed by atoms with Crippen LogP contribution in [0.15, 0.2) is 41.4 Å². The maximum absolute atomic E-state index is 12.3. The van der Waals surface area contributed by atoms with Gasteiger partial charge in [0.25, 0.3) is 10.0 Å². The predicted octanol–water partition coefficient (Wildman–Crippen LogP) is 1.64. The number of aromatic nitrogens is 1. The molecule has 7 heteroatoms. The second-order valence-electron chi connectivity index (χ2n) is 4.14. The highest BCUT2D eigenvalue weighted by atomic mass is 32.2. The van der Waals surface area contributed by atoms with Gasteiger partial charge in [0, 0.05) is 6.20 Å². The Bertz CT molecular complexity index is 794. The van der Waals surface area contributed by atoms with Crippen molar-refractivity contribution in [1.29, 1.82) is 5.26 Å². The second kappa shape index (κ2) is 5.19. The highest BCUT2D eigenvalue weighted by Crippen LogP contribution is 2.22. The molecule has 0 aliphatic carbocycles. The van der Waals surface area contributed by atoms with Crippen molar-refractivity contribution in [3.8, 4) is 6.07 Å². The van der Waals surface area contributed by atoms with Crippen LogP contribution < -0.4 is 10.5 Å². The van der Waals surface area contributed by atoms with Crippen LogP contribution in [-0.2, 0) is 10.0 Å². The lowest BCUT2D eigenvalue weighted by Gasteiger charge is -2.11. The minimum atomic E-state index is -3.79. The molecule has 0 aliphatic rings. The lowest BCUT2D eigenvalue weighted by atomic mass is 10.2. The number of nitrogens with one attached hydrogen (secondary N) is 1. The zero-order valence-electron chi connectivity index (χ0n) is 10.7. The number of rotatable bonds is 3. The Morgan fingerprint density at radius 3 is 2.70 bits per heavy atom. The first-order valence-electron chi connectivity index (χ1n) is 5.68. The van der Waals surface area contributed by atoms with Crippen molar-refractivity contribution < 1.29 is 8.42 Å². The molecule has 0 radical (unpaired) electrons. The molecule has 0 saturated carbocycles. The number of nitrogens with two attached hydrogens (primary N) is 1. The van der Waals surface area contributed by atoms with Crippen LogP contribution in [0.5, 0.6) is 0 Å². The van der Waals surface area contributed by atoms with Gasteiger partial charge in [0.05, 0.1) is 22.2 Å². The van der Waals surface area contributed by atoms with Crippen molar-refractivity contribution in [2.45, 2.75) is 11.8 Å². The smallest absolute Gasteiger partial charge is 0.263 e. The highest BCUT2D eigenvalue weighted by molar-refractivity contribution is 7.92. The van der Waals surface area contributed by atoms with Crippen LogP contribution in [0.1, 0.15) is 11.1 Å². The van der Waals surface area contributed by atoms with Crippen LogP contribution in [0.3, 0.4) is 0 Å². The van der Waals surface area contributed by atoms with Crippen molar-refractivity contribution in [1.82, 2.24) is 4.98 Å². The summed E-state index contributed by atoms with van der Waals surface area (Å²) in [5.41, 5.74) is 6.77. The van der Waals surface area contributed by atoms with Gasteiger partial charge < -0.3 is 5.73 Å². The van der Waals surface area contributed by atoms with E-state index in [9.17, 15) is 8.42 Å². The number of nitriles is 1. The SMILES string of the molecule is Cc1cc(C#N)ccc1S(=O)(=O)Nc1ncccc1N. The van der Waals surface area contributed by atoms with Crippen LogP contribution in [0.4, 0.5) is 11.5 Å². The summed E-state index contributed by atoms with van der Waals surface area (Å²) in [6.45, 7) is 1.62. The van der Waals surface area contributed by atoms with E-state index in [1.54, 1.807) is 19.1 Å². The summed E-state index contributed by atoms with van der Waals surface area (Å²) < 4.78 is 26.9. The fourth-order valence-corrected chi connectivity index (χ4v) is 2.97. The lowest BCUT2D eigenvalue weighted by molar-refractivity contribution is 0.600. The van der Waals surface area contributed by atoms with E-state index in [2.05, 4.69) is 9.71 Å². The Hall–Kier alpha value is -2.59. The normalized spacial score (nSPS) is 10.8. The second-order valence-corrected chi connectivity index (χ2v) is 5.79. The van der Waals surface area contributed by atoms with Crippen LogP contribution in [-0.4, -0.2) is 13.4 Å². The van der Waals surface area contributed by atoms with Crippen LogP contribution >= 0.6 is 0 Å². The standard InChI is InChI=1S/C13H12N4O2S/c1-9-7-10(8-14)4-5-12(9)20(18,19)17-13-11(15)3-2-6-16-13/h2-7H,15H2,1H3,(H,16,17). The van der Waals surface area contributed by atoms with Crippen molar-refractivity contribution >= 4 is 21.5 Å². The van der Waals surface area contributed by atoms with E-state index in [0.717, 1.165) is 0 Å². The number of benzene rings is 1. The molecule has 102 valence electrons.